The summed E-state index contributed by atoms with van der Waals surface area (Å²) in [6, 6.07) is 7.73. The summed E-state index contributed by atoms with van der Waals surface area (Å²) in [7, 11) is 1.88. The zero-order valence-corrected chi connectivity index (χ0v) is 8.90. The quantitative estimate of drug-likeness (QED) is 0.772. The summed E-state index contributed by atoms with van der Waals surface area (Å²) >= 11 is 1.35. The molecule has 74 valence electrons. The maximum absolute atomic E-state index is 8.69. The number of thiazole rings is 1. The van der Waals surface area contributed by atoms with Crippen molar-refractivity contribution in [3.8, 4) is 6.07 Å². The van der Waals surface area contributed by atoms with Crippen molar-refractivity contribution in [2.45, 2.75) is 0 Å². The zero-order valence-electron chi connectivity index (χ0n) is 8.08. The van der Waals surface area contributed by atoms with Crippen LogP contribution in [0.5, 0.6) is 0 Å². The van der Waals surface area contributed by atoms with Crippen LogP contribution in [0.1, 0.15) is 4.88 Å². The van der Waals surface area contributed by atoms with Gasteiger partial charge in [-0.05, 0) is 12.1 Å². The second-order valence-electron chi connectivity index (χ2n) is 2.87. The van der Waals surface area contributed by atoms with Crippen LogP contribution in [0.4, 0.5) is 10.9 Å². The number of pyridine rings is 1. The molecule has 2 aromatic heterocycles. The van der Waals surface area contributed by atoms with Crippen LogP contribution in [-0.2, 0) is 0 Å². The monoisotopic (exact) mass is 216 g/mol. The number of aromatic nitrogens is 2. The predicted octanol–water partition coefficient (Wildman–Crippen LogP) is 2.18. The molecule has 4 nitrogen and oxygen atoms in total. The van der Waals surface area contributed by atoms with Gasteiger partial charge < -0.3 is 4.90 Å². The summed E-state index contributed by atoms with van der Waals surface area (Å²) in [5.74, 6) is 0.816. The molecule has 0 amide bonds. The van der Waals surface area contributed by atoms with E-state index >= 15 is 0 Å². The summed E-state index contributed by atoms with van der Waals surface area (Å²) in [6.45, 7) is 0. The van der Waals surface area contributed by atoms with Crippen LogP contribution in [0.2, 0.25) is 0 Å². The lowest BCUT2D eigenvalue weighted by Gasteiger charge is -2.13. The van der Waals surface area contributed by atoms with E-state index in [-0.39, 0.29) is 0 Å². The normalized spacial score (nSPS) is 9.60. The molecule has 0 unspecified atom stereocenters. The predicted molar refractivity (Wildman–Crippen MR) is 59.1 cm³/mol. The van der Waals surface area contributed by atoms with E-state index < -0.39 is 0 Å². The third kappa shape index (κ3) is 1.95. The van der Waals surface area contributed by atoms with Crippen molar-refractivity contribution in [2.24, 2.45) is 0 Å². The van der Waals surface area contributed by atoms with Gasteiger partial charge in [0.2, 0.25) is 0 Å². The Morgan fingerprint density at radius 3 is 2.87 bits per heavy atom. The van der Waals surface area contributed by atoms with E-state index in [1.165, 1.54) is 11.3 Å². The van der Waals surface area contributed by atoms with Crippen molar-refractivity contribution in [3.05, 3.63) is 35.5 Å². The summed E-state index contributed by atoms with van der Waals surface area (Å²) < 4.78 is 0. The Kier molecular flexibility index (Phi) is 2.61. The second kappa shape index (κ2) is 4.07. The molecule has 0 radical (unpaired) electrons. The van der Waals surface area contributed by atoms with Crippen molar-refractivity contribution in [1.29, 1.82) is 5.26 Å². The summed E-state index contributed by atoms with van der Waals surface area (Å²) in [6.07, 6.45) is 3.30. The summed E-state index contributed by atoms with van der Waals surface area (Å²) in [5, 5.41) is 9.46. The fourth-order valence-electron chi connectivity index (χ4n) is 1.12. The van der Waals surface area contributed by atoms with Crippen LogP contribution in [0.15, 0.2) is 30.6 Å². The molecule has 0 aliphatic heterocycles. The minimum absolute atomic E-state index is 0.604. The lowest BCUT2D eigenvalue weighted by atomic mass is 10.4. The first-order chi connectivity index (χ1) is 7.31. The third-order valence-corrected chi connectivity index (χ3v) is 2.86. The molecule has 0 saturated heterocycles. The Bertz CT molecular complexity index is 486. The van der Waals surface area contributed by atoms with Crippen molar-refractivity contribution < 1.29 is 0 Å². The van der Waals surface area contributed by atoms with Gasteiger partial charge in [-0.3, -0.25) is 0 Å². The highest BCUT2D eigenvalue weighted by molar-refractivity contribution is 7.16. The molecule has 0 aliphatic rings. The lowest BCUT2D eigenvalue weighted by molar-refractivity contribution is 1.11. The molecule has 0 atom stereocenters. The first kappa shape index (κ1) is 9.62. The van der Waals surface area contributed by atoms with Crippen LogP contribution >= 0.6 is 11.3 Å². The Morgan fingerprint density at radius 2 is 2.27 bits per heavy atom. The molecule has 0 N–H and O–H groups in total. The van der Waals surface area contributed by atoms with Crippen molar-refractivity contribution >= 4 is 22.3 Å². The lowest BCUT2D eigenvalue weighted by Crippen LogP contribution is -2.10. The molecule has 15 heavy (non-hydrogen) atoms. The highest BCUT2D eigenvalue weighted by atomic mass is 32.1. The first-order valence-corrected chi connectivity index (χ1v) is 5.13. The summed E-state index contributed by atoms with van der Waals surface area (Å²) in [4.78, 5) is 10.8. The highest BCUT2D eigenvalue weighted by Crippen LogP contribution is 2.25. The average molecular weight is 216 g/mol. The van der Waals surface area contributed by atoms with Crippen LogP contribution in [0, 0.1) is 11.3 Å². The van der Waals surface area contributed by atoms with E-state index in [1.807, 2.05) is 30.1 Å². The molecule has 0 bridgehead atoms. The number of hydrogen-bond acceptors (Lipinski definition) is 5. The van der Waals surface area contributed by atoms with E-state index in [9.17, 15) is 0 Å². The fraction of sp³-hybridized carbons (Fsp3) is 0.100. The maximum Gasteiger partial charge on any atom is 0.191 e. The second-order valence-corrected chi connectivity index (χ2v) is 3.87. The van der Waals surface area contributed by atoms with Gasteiger partial charge in [0.05, 0.1) is 6.20 Å². The number of nitrogens with zero attached hydrogens (tertiary/aromatic N) is 4. The van der Waals surface area contributed by atoms with Gasteiger partial charge in [0.25, 0.3) is 0 Å². The molecular weight excluding hydrogens is 208 g/mol. The van der Waals surface area contributed by atoms with E-state index in [0.29, 0.717) is 4.88 Å². The molecular formula is C10H8N4S. The van der Waals surface area contributed by atoms with Crippen LogP contribution in [0.25, 0.3) is 0 Å². The third-order valence-electron chi connectivity index (χ3n) is 1.88. The molecule has 0 saturated carbocycles. The van der Waals surface area contributed by atoms with E-state index in [2.05, 4.69) is 16.0 Å². The highest BCUT2D eigenvalue weighted by Gasteiger charge is 2.08. The van der Waals surface area contributed by atoms with E-state index in [1.54, 1.807) is 12.4 Å². The topological polar surface area (TPSA) is 52.8 Å². The summed E-state index contributed by atoms with van der Waals surface area (Å²) in [5.41, 5.74) is 0. The van der Waals surface area contributed by atoms with Gasteiger partial charge >= 0.3 is 0 Å². The standard InChI is InChI=1S/C10H8N4S/c1-14(9-4-2-3-5-12-9)10-13-7-8(6-11)15-10/h2-5,7H,1H3. The van der Waals surface area contributed by atoms with Gasteiger partial charge in [-0.25, -0.2) is 9.97 Å². The number of anilines is 2. The Morgan fingerprint density at radius 1 is 1.40 bits per heavy atom. The minimum atomic E-state index is 0.604. The van der Waals surface area contributed by atoms with Crippen LogP contribution in [-0.4, -0.2) is 17.0 Å². The molecule has 0 aliphatic carbocycles. The SMILES string of the molecule is CN(c1ccccn1)c1ncc(C#N)s1. The van der Waals surface area contributed by atoms with E-state index in [4.69, 9.17) is 5.26 Å². The van der Waals surface area contributed by atoms with E-state index in [0.717, 1.165) is 10.9 Å². The molecule has 0 aromatic carbocycles. The van der Waals surface area contributed by atoms with Crippen LogP contribution in [0.3, 0.4) is 0 Å². The van der Waals surface area contributed by atoms with Crippen molar-refractivity contribution in [2.75, 3.05) is 11.9 Å². The minimum Gasteiger partial charge on any atom is -0.305 e. The largest absolute Gasteiger partial charge is 0.305 e. The van der Waals surface area contributed by atoms with Gasteiger partial charge in [-0.1, -0.05) is 17.4 Å². The van der Waals surface area contributed by atoms with Gasteiger partial charge in [0.15, 0.2) is 5.13 Å². The number of nitriles is 1. The van der Waals surface area contributed by atoms with Crippen LogP contribution < -0.4 is 4.90 Å². The molecule has 2 aromatic rings. The molecule has 0 fully saturated rings. The van der Waals surface area contributed by atoms with Gasteiger partial charge in [-0.15, -0.1) is 0 Å². The molecule has 2 heterocycles. The fourth-order valence-corrected chi connectivity index (χ4v) is 1.81. The van der Waals surface area contributed by atoms with Crippen molar-refractivity contribution in [3.63, 3.8) is 0 Å². The molecule has 2 rings (SSSR count). The first-order valence-electron chi connectivity index (χ1n) is 4.32. The van der Waals surface area contributed by atoms with Gasteiger partial charge in [0.1, 0.15) is 16.8 Å². The van der Waals surface area contributed by atoms with Gasteiger partial charge in [0, 0.05) is 13.2 Å². The Balaban J connectivity index is 2.29. The number of hydrogen-bond donors (Lipinski definition) is 0. The van der Waals surface area contributed by atoms with Crippen molar-refractivity contribution in [1.82, 2.24) is 9.97 Å². The maximum atomic E-state index is 8.69. The molecule has 0 spiro atoms. The average Bonchev–Trinajstić information content (AvgIpc) is 2.78. The Labute approximate surface area is 91.5 Å². The molecule has 5 heteroatoms. The van der Waals surface area contributed by atoms with Gasteiger partial charge in [-0.2, -0.15) is 5.26 Å². The Hall–Kier alpha value is -1.93. The zero-order chi connectivity index (χ0) is 10.7. The smallest absolute Gasteiger partial charge is 0.191 e. The number of rotatable bonds is 2.